The Morgan fingerprint density at radius 1 is 0.424 bits per heavy atom. The lowest BCUT2D eigenvalue weighted by Gasteiger charge is -2.05. The van der Waals surface area contributed by atoms with Crippen LogP contribution in [0, 0.1) is 0 Å². The number of thiophene rings is 1. The first-order valence-corrected chi connectivity index (χ1v) is 11.5. The minimum Gasteiger partial charge on any atom is -0.254 e. The molecule has 0 unspecified atom stereocenters. The SMILES string of the molecule is c1cnc2c(c1)ccc1ccc(-c3ccc(-c4ccc5ccc6cccnc6c5n4)s3)nc12. The maximum atomic E-state index is 4.99. The van der Waals surface area contributed by atoms with Gasteiger partial charge in [0.05, 0.1) is 43.2 Å². The van der Waals surface area contributed by atoms with Gasteiger partial charge in [-0.25, -0.2) is 9.97 Å². The molecule has 0 aliphatic carbocycles. The molecule has 7 aromatic rings. The predicted octanol–water partition coefficient (Wildman–Crippen LogP) is 7.27. The largest absolute Gasteiger partial charge is 0.254 e. The smallest absolute Gasteiger partial charge is 0.0972 e. The van der Waals surface area contributed by atoms with Crippen LogP contribution in [0.2, 0.25) is 0 Å². The van der Waals surface area contributed by atoms with Gasteiger partial charge in [-0.2, -0.15) is 0 Å². The van der Waals surface area contributed by atoms with Crippen molar-refractivity contribution < 1.29 is 0 Å². The molecule has 0 saturated carbocycles. The van der Waals surface area contributed by atoms with Crippen LogP contribution in [0.4, 0.5) is 0 Å². The highest BCUT2D eigenvalue weighted by Gasteiger charge is 2.11. The van der Waals surface area contributed by atoms with Crippen molar-refractivity contribution in [2.45, 2.75) is 0 Å². The van der Waals surface area contributed by atoms with E-state index in [0.717, 1.165) is 64.8 Å². The fourth-order valence-corrected chi connectivity index (χ4v) is 5.28. The van der Waals surface area contributed by atoms with Gasteiger partial charge in [0.2, 0.25) is 0 Å². The first-order valence-electron chi connectivity index (χ1n) is 10.7. The molecule has 0 radical (unpaired) electrons. The molecule has 0 spiro atoms. The molecule has 2 aromatic carbocycles. The van der Waals surface area contributed by atoms with E-state index in [4.69, 9.17) is 9.97 Å². The zero-order chi connectivity index (χ0) is 21.8. The molecule has 0 atom stereocenters. The van der Waals surface area contributed by atoms with E-state index in [-0.39, 0.29) is 0 Å². The number of hydrogen-bond acceptors (Lipinski definition) is 5. The summed E-state index contributed by atoms with van der Waals surface area (Å²) >= 11 is 1.70. The van der Waals surface area contributed by atoms with Crippen LogP contribution in [0.15, 0.2) is 97.3 Å². The van der Waals surface area contributed by atoms with Gasteiger partial charge in [-0.05, 0) is 36.4 Å². The van der Waals surface area contributed by atoms with Crippen LogP contribution in [0.1, 0.15) is 0 Å². The van der Waals surface area contributed by atoms with Gasteiger partial charge in [0, 0.05) is 33.9 Å². The molecule has 0 saturated heterocycles. The lowest BCUT2D eigenvalue weighted by Crippen LogP contribution is -1.87. The minimum atomic E-state index is 0.932. The van der Waals surface area contributed by atoms with Gasteiger partial charge in [-0.1, -0.05) is 48.5 Å². The van der Waals surface area contributed by atoms with Gasteiger partial charge < -0.3 is 0 Å². The summed E-state index contributed by atoms with van der Waals surface area (Å²) in [5, 5.41) is 4.39. The monoisotopic (exact) mass is 440 g/mol. The van der Waals surface area contributed by atoms with Gasteiger partial charge in [-0.3, -0.25) is 9.97 Å². The van der Waals surface area contributed by atoms with E-state index >= 15 is 0 Å². The van der Waals surface area contributed by atoms with Crippen LogP contribution in [0.5, 0.6) is 0 Å². The van der Waals surface area contributed by atoms with Crippen molar-refractivity contribution in [3.63, 3.8) is 0 Å². The quantitative estimate of drug-likeness (QED) is 0.265. The molecule has 0 bridgehead atoms. The molecular weight excluding hydrogens is 424 g/mol. The van der Waals surface area contributed by atoms with Crippen LogP contribution in [-0.4, -0.2) is 19.9 Å². The van der Waals surface area contributed by atoms with Crippen LogP contribution < -0.4 is 0 Å². The summed E-state index contributed by atoms with van der Waals surface area (Å²) in [5.74, 6) is 0. The van der Waals surface area contributed by atoms with Crippen molar-refractivity contribution in [2.75, 3.05) is 0 Å². The molecule has 4 nitrogen and oxygen atoms in total. The van der Waals surface area contributed by atoms with Gasteiger partial charge in [0.25, 0.3) is 0 Å². The Balaban J connectivity index is 1.35. The second-order valence-corrected chi connectivity index (χ2v) is 9.07. The van der Waals surface area contributed by atoms with E-state index < -0.39 is 0 Å². The van der Waals surface area contributed by atoms with Crippen LogP contribution in [0.3, 0.4) is 0 Å². The first-order chi connectivity index (χ1) is 16.3. The Kier molecular flexibility index (Phi) is 3.98. The number of aromatic nitrogens is 4. The maximum Gasteiger partial charge on any atom is 0.0972 e. The third kappa shape index (κ3) is 2.97. The average Bonchev–Trinajstić information content (AvgIpc) is 3.38. The van der Waals surface area contributed by atoms with Gasteiger partial charge in [0.15, 0.2) is 0 Å². The van der Waals surface area contributed by atoms with E-state index in [1.165, 1.54) is 0 Å². The van der Waals surface area contributed by atoms with Crippen molar-refractivity contribution in [3.8, 4) is 21.1 Å². The highest BCUT2D eigenvalue weighted by Crippen LogP contribution is 2.35. The predicted molar refractivity (Wildman–Crippen MR) is 136 cm³/mol. The molecule has 5 aromatic heterocycles. The third-order valence-electron chi connectivity index (χ3n) is 5.98. The van der Waals surface area contributed by atoms with Crippen LogP contribution in [0.25, 0.3) is 64.8 Å². The fraction of sp³-hybridized carbons (Fsp3) is 0. The highest BCUT2D eigenvalue weighted by molar-refractivity contribution is 7.18. The Morgan fingerprint density at radius 3 is 1.33 bits per heavy atom. The van der Waals surface area contributed by atoms with Crippen molar-refractivity contribution in [1.82, 2.24) is 19.9 Å². The summed E-state index contributed by atoms with van der Waals surface area (Å²) in [6.07, 6.45) is 3.65. The lowest BCUT2D eigenvalue weighted by molar-refractivity contribution is 1.38. The van der Waals surface area contributed by atoms with E-state index in [9.17, 15) is 0 Å². The highest BCUT2D eigenvalue weighted by atomic mass is 32.1. The zero-order valence-corrected chi connectivity index (χ0v) is 18.3. The number of nitrogens with zero attached hydrogens (tertiary/aromatic N) is 4. The normalized spacial score (nSPS) is 11.6. The van der Waals surface area contributed by atoms with Gasteiger partial charge in [-0.15, -0.1) is 11.3 Å². The molecule has 0 fully saturated rings. The molecule has 0 N–H and O–H groups in total. The van der Waals surface area contributed by atoms with Crippen LogP contribution in [-0.2, 0) is 0 Å². The topological polar surface area (TPSA) is 51.6 Å². The van der Waals surface area contributed by atoms with E-state index in [2.05, 4.69) is 82.8 Å². The first kappa shape index (κ1) is 18.4. The molecule has 0 aliphatic heterocycles. The summed E-state index contributed by atoms with van der Waals surface area (Å²) < 4.78 is 0. The summed E-state index contributed by atoms with van der Waals surface area (Å²) in [7, 11) is 0. The minimum absolute atomic E-state index is 0.932. The molecule has 7 rings (SSSR count). The second-order valence-electron chi connectivity index (χ2n) is 7.98. The molecule has 5 heterocycles. The summed E-state index contributed by atoms with van der Waals surface area (Å²) in [6, 6.07) is 29.1. The molecule has 0 aliphatic rings. The summed E-state index contributed by atoms with van der Waals surface area (Å²) in [6.45, 7) is 0. The van der Waals surface area contributed by atoms with Crippen LogP contribution >= 0.6 is 11.3 Å². The van der Waals surface area contributed by atoms with E-state index in [0.29, 0.717) is 0 Å². The molecule has 33 heavy (non-hydrogen) atoms. The standard InChI is InChI=1S/C28H16N4S/c1-3-17-5-7-19-9-11-21(31-27(19)25(17)29-15-1)23-13-14-24(33-23)22-12-10-20-8-6-18-4-2-16-30-26(18)28(20)32-22/h1-16H. The lowest BCUT2D eigenvalue weighted by atomic mass is 10.1. The summed E-state index contributed by atoms with van der Waals surface area (Å²) in [4.78, 5) is 21.3. The average molecular weight is 441 g/mol. The number of rotatable bonds is 2. The number of fused-ring (bicyclic) bond motifs is 6. The van der Waals surface area contributed by atoms with Crippen molar-refractivity contribution in [2.24, 2.45) is 0 Å². The van der Waals surface area contributed by atoms with Crippen molar-refractivity contribution in [3.05, 3.63) is 97.3 Å². The van der Waals surface area contributed by atoms with Crippen molar-refractivity contribution in [1.29, 1.82) is 0 Å². The summed E-state index contributed by atoms with van der Waals surface area (Å²) in [5.41, 5.74) is 5.63. The van der Waals surface area contributed by atoms with Gasteiger partial charge >= 0.3 is 0 Å². The molecular formula is C28H16N4S. The number of benzene rings is 2. The van der Waals surface area contributed by atoms with E-state index in [1.807, 2.05) is 24.5 Å². The Bertz CT molecular complexity index is 1700. The number of pyridine rings is 4. The molecule has 5 heteroatoms. The Morgan fingerprint density at radius 2 is 0.848 bits per heavy atom. The maximum absolute atomic E-state index is 4.99. The third-order valence-corrected chi connectivity index (χ3v) is 7.11. The Hall–Kier alpha value is -4.22. The fourth-order valence-electron chi connectivity index (χ4n) is 4.34. The zero-order valence-electron chi connectivity index (χ0n) is 17.4. The molecule has 0 amide bonds. The van der Waals surface area contributed by atoms with Crippen molar-refractivity contribution >= 4 is 54.9 Å². The Labute approximate surface area is 193 Å². The molecule has 154 valence electrons. The van der Waals surface area contributed by atoms with E-state index in [1.54, 1.807) is 11.3 Å². The van der Waals surface area contributed by atoms with Gasteiger partial charge in [0.1, 0.15) is 0 Å². The number of hydrogen-bond donors (Lipinski definition) is 0. The second kappa shape index (κ2) is 7.15.